The van der Waals surface area contributed by atoms with Crippen LogP contribution in [0.4, 0.5) is 10.2 Å². The second kappa shape index (κ2) is 7.03. The number of benzene rings is 2. The molecule has 0 unspecified atom stereocenters. The highest BCUT2D eigenvalue weighted by Crippen LogP contribution is 2.36. The van der Waals surface area contributed by atoms with Gasteiger partial charge >= 0.3 is 0 Å². The van der Waals surface area contributed by atoms with Crippen LogP contribution in [0, 0.1) is 5.82 Å². The van der Waals surface area contributed by atoms with Crippen molar-refractivity contribution in [2.45, 2.75) is 35.3 Å². The van der Waals surface area contributed by atoms with Crippen LogP contribution in [0.2, 0.25) is 0 Å². The molecular weight excluding hydrogens is 407 g/mol. The highest BCUT2D eigenvalue weighted by molar-refractivity contribution is 7.92. The molecule has 30 heavy (non-hydrogen) atoms. The minimum atomic E-state index is -4.05. The van der Waals surface area contributed by atoms with E-state index in [1.54, 1.807) is 10.6 Å². The molecule has 1 fully saturated rings. The van der Waals surface area contributed by atoms with Gasteiger partial charge in [0, 0.05) is 6.61 Å². The maximum Gasteiger partial charge on any atom is 0.212 e. The molecule has 1 aliphatic heterocycles. The number of hydrogen-bond acceptors (Lipinski definition) is 6. The Morgan fingerprint density at radius 1 is 1.10 bits per heavy atom. The smallest absolute Gasteiger partial charge is 0.212 e. The number of anilines is 1. The Kier molecular flexibility index (Phi) is 4.44. The number of hydrogen-bond donors (Lipinski definition) is 1. The van der Waals surface area contributed by atoms with Crippen LogP contribution in [0.1, 0.15) is 12.8 Å². The van der Waals surface area contributed by atoms with Crippen LogP contribution >= 0.6 is 0 Å². The Morgan fingerprint density at radius 3 is 2.47 bits per heavy atom. The summed E-state index contributed by atoms with van der Waals surface area (Å²) in [5.41, 5.74) is 8.18. The highest BCUT2D eigenvalue weighted by Gasteiger charge is 2.31. The van der Waals surface area contributed by atoms with E-state index in [9.17, 15) is 12.8 Å². The number of nitrogens with two attached hydrogens (primary N) is 1. The molecule has 2 aromatic heterocycles. The van der Waals surface area contributed by atoms with Crippen molar-refractivity contribution in [3.05, 3.63) is 54.3 Å². The van der Waals surface area contributed by atoms with Crippen LogP contribution < -0.4 is 5.73 Å². The standard InChI is InChI=1S/C21H19FN4O3S/c22-13-7-9-15(10-8-13)30(27,28)19-18-21(25-17-6-2-1-5-16(17)24-18)26(20(19)23)12-14-4-3-11-29-14/h1-2,5-10,14H,3-4,11-12,23H2/t14-/m1/s1. The van der Waals surface area contributed by atoms with Gasteiger partial charge in [0.25, 0.3) is 0 Å². The zero-order chi connectivity index (χ0) is 20.9. The van der Waals surface area contributed by atoms with E-state index in [1.165, 1.54) is 12.1 Å². The van der Waals surface area contributed by atoms with Gasteiger partial charge in [0.2, 0.25) is 9.84 Å². The molecule has 2 N–H and O–H groups in total. The molecule has 1 atom stereocenters. The number of halogens is 1. The molecule has 1 aliphatic rings. The Morgan fingerprint density at radius 2 is 1.80 bits per heavy atom. The van der Waals surface area contributed by atoms with Crippen LogP contribution in [-0.4, -0.2) is 35.7 Å². The van der Waals surface area contributed by atoms with Crippen LogP contribution in [0.25, 0.3) is 22.2 Å². The highest BCUT2D eigenvalue weighted by atomic mass is 32.2. The summed E-state index contributed by atoms with van der Waals surface area (Å²) >= 11 is 0. The lowest BCUT2D eigenvalue weighted by Crippen LogP contribution is -2.17. The molecule has 7 nitrogen and oxygen atoms in total. The minimum Gasteiger partial charge on any atom is -0.384 e. The third-order valence-electron chi connectivity index (χ3n) is 5.35. The third kappa shape index (κ3) is 3.01. The second-order valence-electron chi connectivity index (χ2n) is 7.30. The summed E-state index contributed by atoms with van der Waals surface area (Å²) in [6.45, 7) is 1.05. The number of sulfone groups is 1. The molecule has 0 bridgehead atoms. The number of para-hydroxylation sites is 2. The van der Waals surface area contributed by atoms with E-state index < -0.39 is 15.7 Å². The molecule has 3 heterocycles. The van der Waals surface area contributed by atoms with Gasteiger partial charge < -0.3 is 15.0 Å². The molecule has 0 spiro atoms. The SMILES string of the molecule is Nc1c(S(=O)(=O)c2ccc(F)cc2)c2nc3ccccc3nc2n1C[C@H]1CCCO1. The van der Waals surface area contributed by atoms with Crippen molar-refractivity contribution in [2.24, 2.45) is 0 Å². The topological polar surface area (TPSA) is 100 Å². The average Bonchev–Trinajstić information content (AvgIpc) is 3.34. The van der Waals surface area contributed by atoms with Crippen molar-refractivity contribution in [2.75, 3.05) is 12.3 Å². The van der Waals surface area contributed by atoms with E-state index in [0.29, 0.717) is 29.8 Å². The predicted octanol–water partition coefficient (Wildman–Crippen LogP) is 3.32. The first-order valence-corrected chi connectivity index (χ1v) is 11.1. The molecule has 4 aromatic rings. The third-order valence-corrected chi connectivity index (χ3v) is 7.18. The maximum absolute atomic E-state index is 13.5. The molecule has 0 radical (unpaired) electrons. The summed E-state index contributed by atoms with van der Waals surface area (Å²) in [6.07, 6.45) is 1.73. The van der Waals surface area contributed by atoms with Gasteiger partial charge in [0.05, 0.1) is 28.6 Å². The molecule has 0 saturated carbocycles. The number of ether oxygens (including phenoxy) is 1. The summed E-state index contributed by atoms with van der Waals surface area (Å²) in [5.74, 6) is -0.464. The van der Waals surface area contributed by atoms with Crippen LogP contribution in [-0.2, 0) is 21.1 Å². The lowest BCUT2D eigenvalue weighted by molar-refractivity contribution is 0.0983. The van der Waals surface area contributed by atoms with Crippen LogP contribution in [0.5, 0.6) is 0 Å². The monoisotopic (exact) mass is 426 g/mol. The number of nitrogens with zero attached hydrogens (tertiary/aromatic N) is 3. The van der Waals surface area contributed by atoms with Crippen molar-refractivity contribution in [3.8, 4) is 0 Å². The largest absolute Gasteiger partial charge is 0.384 e. The Bertz CT molecular complexity index is 1360. The van der Waals surface area contributed by atoms with Gasteiger partial charge in [-0.25, -0.2) is 22.8 Å². The van der Waals surface area contributed by atoms with Crippen molar-refractivity contribution in [1.29, 1.82) is 0 Å². The fourth-order valence-corrected chi connectivity index (χ4v) is 5.37. The first kappa shape index (κ1) is 19.0. The van der Waals surface area contributed by atoms with E-state index in [0.717, 1.165) is 25.0 Å². The normalized spacial score (nSPS) is 17.2. The summed E-state index contributed by atoms with van der Waals surface area (Å²) in [4.78, 5) is 9.08. The van der Waals surface area contributed by atoms with Gasteiger partial charge in [-0.1, -0.05) is 12.1 Å². The lowest BCUT2D eigenvalue weighted by atomic mass is 10.2. The second-order valence-corrected chi connectivity index (χ2v) is 9.19. The average molecular weight is 426 g/mol. The first-order valence-electron chi connectivity index (χ1n) is 9.62. The Hall–Kier alpha value is -3.04. The van der Waals surface area contributed by atoms with Gasteiger partial charge in [-0.2, -0.15) is 0 Å². The molecule has 0 aliphatic carbocycles. The van der Waals surface area contributed by atoms with E-state index in [2.05, 4.69) is 9.97 Å². The van der Waals surface area contributed by atoms with Crippen molar-refractivity contribution < 1.29 is 17.5 Å². The molecule has 5 rings (SSSR count). The number of aromatic nitrogens is 3. The van der Waals surface area contributed by atoms with Crippen molar-refractivity contribution in [1.82, 2.24) is 14.5 Å². The molecule has 9 heteroatoms. The minimum absolute atomic E-state index is 0.0540. The van der Waals surface area contributed by atoms with E-state index >= 15 is 0 Å². The molecule has 2 aromatic carbocycles. The summed E-state index contributed by atoms with van der Waals surface area (Å²) in [7, 11) is -4.05. The van der Waals surface area contributed by atoms with E-state index in [1.807, 2.05) is 18.2 Å². The van der Waals surface area contributed by atoms with Gasteiger partial charge in [0.15, 0.2) is 5.65 Å². The quantitative estimate of drug-likeness (QED) is 0.503. The summed E-state index contributed by atoms with van der Waals surface area (Å²) in [5, 5.41) is 0. The zero-order valence-electron chi connectivity index (χ0n) is 16.0. The Labute approximate surface area is 172 Å². The van der Waals surface area contributed by atoms with Gasteiger partial charge in [-0.15, -0.1) is 0 Å². The van der Waals surface area contributed by atoms with E-state index in [4.69, 9.17) is 10.5 Å². The number of fused-ring (bicyclic) bond motifs is 2. The number of nitrogen functional groups attached to an aromatic ring is 1. The van der Waals surface area contributed by atoms with Crippen LogP contribution in [0.3, 0.4) is 0 Å². The predicted molar refractivity (Wildman–Crippen MR) is 110 cm³/mol. The number of rotatable bonds is 4. The van der Waals surface area contributed by atoms with Crippen molar-refractivity contribution >= 4 is 37.9 Å². The van der Waals surface area contributed by atoms with Gasteiger partial charge in [-0.3, -0.25) is 0 Å². The Balaban J connectivity index is 1.79. The first-order chi connectivity index (χ1) is 14.4. The summed E-state index contributed by atoms with van der Waals surface area (Å²) in [6, 6.07) is 11.9. The van der Waals surface area contributed by atoms with E-state index in [-0.39, 0.29) is 27.2 Å². The molecular formula is C21H19FN4O3S. The molecule has 154 valence electrons. The van der Waals surface area contributed by atoms with Crippen molar-refractivity contribution in [3.63, 3.8) is 0 Å². The maximum atomic E-state index is 13.5. The lowest BCUT2D eigenvalue weighted by Gasteiger charge is -2.13. The zero-order valence-corrected chi connectivity index (χ0v) is 16.8. The molecule has 1 saturated heterocycles. The fourth-order valence-electron chi connectivity index (χ4n) is 3.86. The van der Waals surface area contributed by atoms with Gasteiger partial charge in [0.1, 0.15) is 22.0 Å². The molecule has 0 amide bonds. The van der Waals surface area contributed by atoms with Crippen LogP contribution in [0.15, 0.2) is 58.3 Å². The van der Waals surface area contributed by atoms with Gasteiger partial charge in [-0.05, 0) is 49.2 Å². The fraction of sp³-hybridized carbons (Fsp3) is 0.238. The summed E-state index contributed by atoms with van der Waals surface area (Å²) < 4.78 is 47.7.